The van der Waals surface area contributed by atoms with E-state index in [2.05, 4.69) is 25.6 Å². The van der Waals surface area contributed by atoms with Crippen molar-refractivity contribution in [2.45, 2.75) is 20.4 Å². The third-order valence-electron chi connectivity index (χ3n) is 4.93. The SMILES string of the molecule is Cc1nc2ccc(C(=O)Nc3ccc(CNC(=O)c4cccnc4)cc3)cc2nc1C. The number of aromatic nitrogens is 3. The first-order chi connectivity index (χ1) is 15.0. The Morgan fingerprint density at radius 1 is 0.839 bits per heavy atom. The van der Waals surface area contributed by atoms with E-state index in [9.17, 15) is 9.59 Å². The van der Waals surface area contributed by atoms with Gasteiger partial charge in [0.15, 0.2) is 0 Å². The molecule has 0 spiro atoms. The molecule has 0 radical (unpaired) electrons. The second-order valence-electron chi connectivity index (χ2n) is 7.17. The molecule has 0 saturated heterocycles. The molecule has 154 valence electrons. The van der Waals surface area contributed by atoms with Crippen molar-refractivity contribution < 1.29 is 9.59 Å². The zero-order chi connectivity index (χ0) is 21.8. The third-order valence-corrected chi connectivity index (χ3v) is 4.93. The molecule has 2 amide bonds. The summed E-state index contributed by atoms with van der Waals surface area (Å²) in [7, 11) is 0. The molecular formula is C24H21N5O2. The van der Waals surface area contributed by atoms with Crippen molar-refractivity contribution in [1.29, 1.82) is 0 Å². The Labute approximate surface area is 179 Å². The quantitative estimate of drug-likeness (QED) is 0.520. The molecular weight excluding hydrogens is 390 g/mol. The highest BCUT2D eigenvalue weighted by Crippen LogP contribution is 2.16. The minimum Gasteiger partial charge on any atom is -0.348 e. The van der Waals surface area contributed by atoms with Crippen molar-refractivity contribution in [2.24, 2.45) is 0 Å². The van der Waals surface area contributed by atoms with Gasteiger partial charge in [-0.2, -0.15) is 0 Å². The molecule has 7 heteroatoms. The predicted octanol–water partition coefficient (Wildman–Crippen LogP) is 3.82. The Morgan fingerprint density at radius 2 is 1.58 bits per heavy atom. The van der Waals surface area contributed by atoms with Gasteiger partial charge in [0, 0.05) is 30.2 Å². The van der Waals surface area contributed by atoms with E-state index in [1.807, 2.05) is 26.0 Å². The van der Waals surface area contributed by atoms with E-state index in [0.29, 0.717) is 28.9 Å². The fourth-order valence-corrected chi connectivity index (χ4v) is 3.06. The van der Waals surface area contributed by atoms with Gasteiger partial charge in [-0.25, -0.2) is 9.97 Å². The van der Waals surface area contributed by atoms with Crippen LogP contribution in [0, 0.1) is 13.8 Å². The van der Waals surface area contributed by atoms with E-state index < -0.39 is 0 Å². The molecule has 4 rings (SSSR count). The summed E-state index contributed by atoms with van der Waals surface area (Å²) in [6.45, 7) is 4.19. The zero-order valence-corrected chi connectivity index (χ0v) is 17.2. The summed E-state index contributed by atoms with van der Waals surface area (Å²) in [6, 6.07) is 16.0. The number of anilines is 1. The molecule has 2 N–H and O–H groups in total. The third kappa shape index (κ3) is 4.72. The summed E-state index contributed by atoms with van der Waals surface area (Å²) in [6.07, 6.45) is 3.14. The van der Waals surface area contributed by atoms with Crippen LogP contribution in [0.1, 0.15) is 37.7 Å². The van der Waals surface area contributed by atoms with Gasteiger partial charge >= 0.3 is 0 Å². The highest BCUT2D eigenvalue weighted by molar-refractivity contribution is 6.05. The van der Waals surface area contributed by atoms with Gasteiger partial charge in [-0.3, -0.25) is 14.6 Å². The fourth-order valence-electron chi connectivity index (χ4n) is 3.06. The van der Waals surface area contributed by atoms with Crippen LogP contribution < -0.4 is 10.6 Å². The number of amides is 2. The van der Waals surface area contributed by atoms with Crippen molar-refractivity contribution in [3.05, 3.63) is 95.1 Å². The molecule has 4 aromatic rings. The molecule has 0 atom stereocenters. The zero-order valence-electron chi connectivity index (χ0n) is 17.2. The molecule has 0 saturated carbocycles. The monoisotopic (exact) mass is 411 g/mol. The number of rotatable bonds is 5. The lowest BCUT2D eigenvalue weighted by Gasteiger charge is -2.09. The highest BCUT2D eigenvalue weighted by Gasteiger charge is 2.10. The van der Waals surface area contributed by atoms with Gasteiger partial charge < -0.3 is 10.6 Å². The van der Waals surface area contributed by atoms with E-state index in [4.69, 9.17) is 0 Å². The summed E-state index contributed by atoms with van der Waals surface area (Å²) in [5, 5.41) is 5.73. The maximum absolute atomic E-state index is 12.6. The first-order valence-corrected chi connectivity index (χ1v) is 9.83. The van der Waals surface area contributed by atoms with Crippen LogP contribution in [-0.4, -0.2) is 26.8 Å². The lowest BCUT2D eigenvalue weighted by Crippen LogP contribution is -2.22. The molecule has 7 nitrogen and oxygen atoms in total. The molecule has 0 unspecified atom stereocenters. The van der Waals surface area contributed by atoms with E-state index >= 15 is 0 Å². The van der Waals surface area contributed by atoms with Crippen molar-refractivity contribution in [2.75, 3.05) is 5.32 Å². The minimum absolute atomic E-state index is 0.185. The number of fused-ring (bicyclic) bond motifs is 1. The standard InChI is InChI=1S/C24H21N5O2/c1-15-16(2)28-22-12-18(7-10-21(22)27-15)24(31)29-20-8-5-17(6-9-20)13-26-23(30)19-4-3-11-25-14-19/h3-12,14H,13H2,1-2H3,(H,26,30)(H,29,31). The summed E-state index contributed by atoms with van der Waals surface area (Å²) < 4.78 is 0. The Bertz CT molecular complexity index is 1250. The molecule has 2 heterocycles. The van der Waals surface area contributed by atoms with Gasteiger partial charge in [-0.1, -0.05) is 12.1 Å². The first-order valence-electron chi connectivity index (χ1n) is 9.83. The first kappa shape index (κ1) is 20.2. The number of hydrogen-bond donors (Lipinski definition) is 2. The Kier molecular flexibility index (Phi) is 5.66. The number of carbonyl (C=O) groups excluding carboxylic acids is 2. The van der Waals surface area contributed by atoms with E-state index in [0.717, 1.165) is 22.5 Å². The highest BCUT2D eigenvalue weighted by atomic mass is 16.2. The Hall–Kier alpha value is -4.13. The van der Waals surface area contributed by atoms with Crippen molar-refractivity contribution in [1.82, 2.24) is 20.3 Å². The average Bonchev–Trinajstić information content (AvgIpc) is 2.79. The molecule has 31 heavy (non-hydrogen) atoms. The van der Waals surface area contributed by atoms with Crippen LogP contribution in [0.2, 0.25) is 0 Å². The van der Waals surface area contributed by atoms with Crippen LogP contribution in [-0.2, 0) is 6.54 Å². The van der Waals surface area contributed by atoms with E-state index in [-0.39, 0.29) is 11.8 Å². The van der Waals surface area contributed by atoms with Gasteiger partial charge in [0.05, 0.1) is 28.0 Å². The number of aryl methyl sites for hydroxylation is 2. The van der Waals surface area contributed by atoms with Crippen molar-refractivity contribution >= 4 is 28.5 Å². The van der Waals surface area contributed by atoms with Crippen molar-refractivity contribution in [3.63, 3.8) is 0 Å². The normalized spacial score (nSPS) is 10.6. The minimum atomic E-state index is -0.223. The van der Waals surface area contributed by atoms with Crippen molar-refractivity contribution in [3.8, 4) is 0 Å². The molecule has 0 bridgehead atoms. The predicted molar refractivity (Wildman–Crippen MR) is 119 cm³/mol. The number of benzene rings is 2. The summed E-state index contributed by atoms with van der Waals surface area (Å²) in [5.74, 6) is -0.408. The second kappa shape index (κ2) is 8.71. The summed E-state index contributed by atoms with van der Waals surface area (Å²) >= 11 is 0. The van der Waals surface area contributed by atoms with Crippen LogP contribution >= 0.6 is 0 Å². The molecule has 2 aromatic heterocycles. The summed E-state index contributed by atoms with van der Waals surface area (Å²) in [4.78, 5) is 37.7. The van der Waals surface area contributed by atoms with Crippen LogP contribution in [0.25, 0.3) is 11.0 Å². The average molecular weight is 411 g/mol. The largest absolute Gasteiger partial charge is 0.348 e. The number of nitrogens with one attached hydrogen (secondary N) is 2. The molecule has 0 aliphatic rings. The molecule has 0 aliphatic carbocycles. The lowest BCUT2D eigenvalue weighted by molar-refractivity contribution is 0.0949. The van der Waals surface area contributed by atoms with Crippen LogP contribution in [0.4, 0.5) is 5.69 Å². The Balaban J connectivity index is 1.39. The van der Waals surface area contributed by atoms with Crippen LogP contribution in [0.5, 0.6) is 0 Å². The molecule has 2 aromatic carbocycles. The number of carbonyl (C=O) groups is 2. The van der Waals surface area contributed by atoms with E-state index in [1.165, 1.54) is 6.20 Å². The Morgan fingerprint density at radius 3 is 2.29 bits per heavy atom. The number of pyridine rings is 1. The van der Waals surface area contributed by atoms with Gasteiger partial charge in [0.1, 0.15) is 0 Å². The van der Waals surface area contributed by atoms with Gasteiger partial charge in [-0.15, -0.1) is 0 Å². The second-order valence-corrected chi connectivity index (χ2v) is 7.17. The van der Waals surface area contributed by atoms with E-state index in [1.54, 1.807) is 48.7 Å². The smallest absolute Gasteiger partial charge is 0.255 e. The number of hydrogen-bond acceptors (Lipinski definition) is 5. The number of nitrogens with zero attached hydrogens (tertiary/aromatic N) is 3. The van der Waals surface area contributed by atoms with Crippen LogP contribution in [0.3, 0.4) is 0 Å². The molecule has 0 fully saturated rings. The topological polar surface area (TPSA) is 96.9 Å². The maximum Gasteiger partial charge on any atom is 0.255 e. The maximum atomic E-state index is 12.6. The van der Waals surface area contributed by atoms with Gasteiger partial charge in [0.25, 0.3) is 11.8 Å². The van der Waals surface area contributed by atoms with Gasteiger partial charge in [0.2, 0.25) is 0 Å². The summed E-state index contributed by atoms with van der Waals surface area (Å²) in [5.41, 5.74) is 5.78. The van der Waals surface area contributed by atoms with Gasteiger partial charge in [-0.05, 0) is 61.9 Å². The molecule has 0 aliphatic heterocycles. The fraction of sp³-hybridized carbons (Fsp3) is 0.125. The van der Waals surface area contributed by atoms with Crippen LogP contribution in [0.15, 0.2) is 67.0 Å². The lowest BCUT2D eigenvalue weighted by atomic mass is 10.1.